The molecule has 0 saturated carbocycles. The number of benzene rings is 1. The molecule has 1 heterocycles. The van der Waals surface area contributed by atoms with Gasteiger partial charge < -0.3 is 4.98 Å². The maximum atomic E-state index is 13.1. The Labute approximate surface area is 77.4 Å². The van der Waals surface area contributed by atoms with Crippen molar-refractivity contribution in [3.8, 4) is 11.4 Å². The third kappa shape index (κ3) is 1.37. The molecule has 0 saturated heterocycles. The second-order valence-corrected chi connectivity index (χ2v) is 2.69. The Morgan fingerprint density at radius 3 is 2.57 bits per heavy atom. The van der Waals surface area contributed by atoms with Gasteiger partial charge in [0.05, 0.1) is 5.56 Å². The summed E-state index contributed by atoms with van der Waals surface area (Å²) in [6.07, 6.45) is 2.81. The van der Waals surface area contributed by atoms with Crippen molar-refractivity contribution in [1.29, 1.82) is 0 Å². The third-order valence-corrected chi connectivity index (χ3v) is 1.75. The number of hydrogen-bond donors (Lipinski definition) is 1. The number of rotatable bonds is 1. The van der Waals surface area contributed by atoms with Crippen molar-refractivity contribution in [2.24, 2.45) is 0 Å². The molecule has 2 aromatic rings. The van der Waals surface area contributed by atoms with Crippen molar-refractivity contribution < 1.29 is 13.2 Å². The summed E-state index contributed by atoms with van der Waals surface area (Å²) >= 11 is 0. The molecule has 2 rings (SSSR count). The zero-order valence-electron chi connectivity index (χ0n) is 6.89. The summed E-state index contributed by atoms with van der Waals surface area (Å²) in [7, 11) is 0. The van der Waals surface area contributed by atoms with Gasteiger partial charge in [0.25, 0.3) is 0 Å². The fourth-order valence-electron chi connectivity index (χ4n) is 1.14. The number of nitrogens with one attached hydrogen (secondary N) is 1. The standard InChI is InChI=1S/C9H5F3N2/c10-5-3-6(8(12)7(11)4-5)9-13-1-2-14-9/h1-4H,(H,13,14). The quantitative estimate of drug-likeness (QED) is 0.700. The minimum atomic E-state index is -1.23. The smallest absolute Gasteiger partial charge is 0.169 e. The van der Waals surface area contributed by atoms with E-state index in [1.165, 1.54) is 12.4 Å². The molecule has 2 nitrogen and oxygen atoms in total. The van der Waals surface area contributed by atoms with Crippen LogP contribution in [0, 0.1) is 17.5 Å². The van der Waals surface area contributed by atoms with E-state index in [2.05, 4.69) is 9.97 Å². The Hall–Kier alpha value is -1.78. The van der Waals surface area contributed by atoms with Crippen molar-refractivity contribution >= 4 is 0 Å². The average molecular weight is 198 g/mol. The van der Waals surface area contributed by atoms with Crippen LogP contribution >= 0.6 is 0 Å². The molecule has 0 radical (unpaired) electrons. The van der Waals surface area contributed by atoms with Crippen molar-refractivity contribution in [2.75, 3.05) is 0 Å². The molecule has 0 aliphatic carbocycles. The van der Waals surface area contributed by atoms with Crippen molar-refractivity contribution in [1.82, 2.24) is 9.97 Å². The second kappa shape index (κ2) is 3.17. The van der Waals surface area contributed by atoms with E-state index in [0.717, 1.165) is 6.07 Å². The number of aromatic nitrogens is 2. The molecule has 0 bridgehead atoms. The highest BCUT2D eigenvalue weighted by Crippen LogP contribution is 2.22. The molecule has 1 N–H and O–H groups in total. The summed E-state index contributed by atoms with van der Waals surface area (Å²) in [5.74, 6) is -3.08. The maximum absolute atomic E-state index is 13.1. The molecule has 1 aromatic carbocycles. The van der Waals surface area contributed by atoms with Crippen molar-refractivity contribution in [2.45, 2.75) is 0 Å². The van der Waals surface area contributed by atoms with E-state index in [0.29, 0.717) is 6.07 Å². The first-order valence-electron chi connectivity index (χ1n) is 3.83. The van der Waals surface area contributed by atoms with Crippen LogP contribution in [0.3, 0.4) is 0 Å². The molecule has 0 fully saturated rings. The zero-order chi connectivity index (χ0) is 10.1. The lowest BCUT2D eigenvalue weighted by molar-refractivity contribution is 0.497. The van der Waals surface area contributed by atoms with Gasteiger partial charge in [-0.05, 0) is 6.07 Å². The van der Waals surface area contributed by atoms with Crippen LogP contribution in [0.4, 0.5) is 13.2 Å². The number of aromatic amines is 1. The zero-order valence-corrected chi connectivity index (χ0v) is 6.89. The topological polar surface area (TPSA) is 28.7 Å². The summed E-state index contributed by atoms with van der Waals surface area (Å²) in [5.41, 5.74) is -0.215. The lowest BCUT2D eigenvalue weighted by Gasteiger charge is -2.00. The lowest BCUT2D eigenvalue weighted by Crippen LogP contribution is -1.93. The minimum absolute atomic E-state index is 0.0981. The van der Waals surface area contributed by atoms with Crippen LogP contribution < -0.4 is 0 Å². The largest absolute Gasteiger partial charge is 0.345 e. The van der Waals surface area contributed by atoms with Crippen LogP contribution in [-0.4, -0.2) is 9.97 Å². The van der Waals surface area contributed by atoms with E-state index in [1.54, 1.807) is 0 Å². The summed E-state index contributed by atoms with van der Waals surface area (Å²) < 4.78 is 38.7. The monoisotopic (exact) mass is 198 g/mol. The summed E-state index contributed by atoms with van der Waals surface area (Å²) in [5, 5.41) is 0. The molecule has 0 atom stereocenters. The van der Waals surface area contributed by atoms with Gasteiger partial charge in [0.15, 0.2) is 11.6 Å². The first kappa shape index (κ1) is 8.80. The first-order valence-corrected chi connectivity index (χ1v) is 3.83. The molecular weight excluding hydrogens is 193 g/mol. The van der Waals surface area contributed by atoms with Gasteiger partial charge in [0.2, 0.25) is 0 Å². The highest BCUT2D eigenvalue weighted by atomic mass is 19.2. The van der Waals surface area contributed by atoms with E-state index in [4.69, 9.17) is 0 Å². The first-order chi connectivity index (χ1) is 6.68. The fourth-order valence-corrected chi connectivity index (χ4v) is 1.14. The molecule has 1 aromatic heterocycles. The molecule has 5 heteroatoms. The van der Waals surface area contributed by atoms with Crippen LogP contribution in [-0.2, 0) is 0 Å². The molecule has 0 amide bonds. The van der Waals surface area contributed by atoms with Crippen molar-refractivity contribution in [3.05, 3.63) is 42.0 Å². The van der Waals surface area contributed by atoms with Gasteiger partial charge in [-0.2, -0.15) is 0 Å². The second-order valence-electron chi connectivity index (χ2n) is 2.69. The van der Waals surface area contributed by atoms with Gasteiger partial charge in [-0.1, -0.05) is 0 Å². The van der Waals surface area contributed by atoms with Crippen molar-refractivity contribution in [3.63, 3.8) is 0 Å². The summed E-state index contributed by atoms with van der Waals surface area (Å²) in [4.78, 5) is 6.26. The number of imidazole rings is 1. The predicted octanol–water partition coefficient (Wildman–Crippen LogP) is 2.49. The lowest BCUT2D eigenvalue weighted by atomic mass is 10.2. The molecule has 14 heavy (non-hydrogen) atoms. The Morgan fingerprint density at radius 2 is 1.93 bits per heavy atom. The van der Waals surface area contributed by atoms with Gasteiger partial charge >= 0.3 is 0 Å². The van der Waals surface area contributed by atoms with E-state index in [9.17, 15) is 13.2 Å². The Morgan fingerprint density at radius 1 is 1.14 bits per heavy atom. The summed E-state index contributed by atoms with van der Waals surface area (Å²) in [6.45, 7) is 0. The van der Waals surface area contributed by atoms with Crippen LogP contribution in [0.15, 0.2) is 24.5 Å². The van der Waals surface area contributed by atoms with E-state index in [1.807, 2.05) is 0 Å². The van der Waals surface area contributed by atoms with Crippen LogP contribution in [0.1, 0.15) is 0 Å². The minimum Gasteiger partial charge on any atom is -0.345 e. The van der Waals surface area contributed by atoms with Gasteiger partial charge in [-0.25, -0.2) is 18.2 Å². The van der Waals surface area contributed by atoms with E-state index in [-0.39, 0.29) is 11.4 Å². The van der Waals surface area contributed by atoms with Gasteiger partial charge in [0.1, 0.15) is 11.6 Å². The fraction of sp³-hybridized carbons (Fsp3) is 0. The molecule has 0 unspecified atom stereocenters. The third-order valence-electron chi connectivity index (χ3n) is 1.75. The predicted molar refractivity (Wildman–Crippen MR) is 43.9 cm³/mol. The SMILES string of the molecule is Fc1cc(F)c(F)c(-c2ncc[nH]2)c1. The Balaban J connectivity index is 2.64. The van der Waals surface area contributed by atoms with Crippen LogP contribution in [0.5, 0.6) is 0 Å². The average Bonchev–Trinajstić information content (AvgIpc) is 2.63. The van der Waals surface area contributed by atoms with Crippen LogP contribution in [0.25, 0.3) is 11.4 Å². The molecular formula is C9H5F3N2. The Bertz CT molecular complexity index is 451. The Kier molecular flexibility index (Phi) is 1.99. The number of halogens is 3. The number of H-pyrrole nitrogens is 1. The normalized spacial score (nSPS) is 10.5. The highest BCUT2D eigenvalue weighted by molar-refractivity contribution is 5.55. The van der Waals surface area contributed by atoms with Gasteiger partial charge in [0, 0.05) is 18.5 Å². The van der Waals surface area contributed by atoms with E-state index >= 15 is 0 Å². The summed E-state index contributed by atoms with van der Waals surface area (Å²) in [6, 6.07) is 1.37. The number of hydrogen-bond acceptors (Lipinski definition) is 1. The maximum Gasteiger partial charge on any atom is 0.169 e. The van der Waals surface area contributed by atoms with Gasteiger partial charge in [-0.15, -0.1) is 0 Å². The number of nitrogens with zero attached hydrogens (tertiary/aromatic N) is 1. The molecule has 72 valence electrons. The highest BCUT2D eigenvalue weighted by Gasteiger charge is 2.13. The molecule has 0 aliphatic heterocycles. The molecule has 0 aliphatic rings. The van der Waals surface area contributed by atoms with E-state index < -0.39 is 17.5 Å². The molecule has 0 spiro atoms. The van der Waals surface area contributed by atoms with Crippen LogP contribution in [0.2, 0.25) is 0 Å². The van der Waals surface area contributed by atoms with Gasteiger partial charge in [-0.3, -0.25) is 0 Å².